The van der Waals surface area contributed by atoms with Crippen LogP contribution in [0.5, 0.6) is 0 Å². The van der Waals surface area contributed by atoms with Gasteiger partial charge in [-0.15, -0.1) is 0 Å². The third-order valence-corrected chi connectivity index (χ3v) is 4.02. The molecule has 0 aromatic carbocycles. The van der Waals surface area contributed by atoms with Gasteiger partial charge in [-0.3, -0.25) is 0 Å². The predicted octanol–water partition coefficient (Wildman–Crippen LogP) is 1.31. The van der Waals surface area contributed by atoms with Crippen molar-refractivity contribution >= 4 is 11.8 Å². The average Bonchev–Trinajstić information content (AvgIpc) is 2.67. The maximum Gasteiger partial charge on any atom is 0.233 e. The Morgan fingerprint density at radius 2 is 2.50 bits per heavy atom. The number of thioether (sulfide) groups is 1. The van der Waals surface area contributed by atoms with Crippen molar-refractivity contribution in [1.82, 2.24) is 10.1 Å². The summed E-state index contributed by atoms with van der Waals surface area (Å²) < 4.78 is 5.24. The molecule has 1 fully saturated rings. The predicted molar refractivity (Wildman–Crippen MR) is 56.1 cm³/mol. The van der Waals surface area contributed by atoms with Crippen molar-refractivity contribution in [3.63, 3.8) is 0 Å². The highest BCUT2D eigenvalue weighted by atomic mass is 32.2. The molecule has 1 unspecified atom stereocenters. The Morgan fingerprint density at radius 1 is 1.64 bits per heavy atom. The van der Waals surface area contributed by atoms with Crippen LogP contribution in [0.15, 0.2) is 4.52 Å². The highest BCUT2D eigenvalue weighted by molar-refractivity contribution is 7.99. The van der Waals surface area contributed by atoms with E-state index in [0.29, 0.717) is 12.4 Å². The molecule has 2 N–H and O–H groups in total. The van der Waals surface area contributed by atoms with Crippen molar-refractivity contribution in [2.75, 3.05) is 11.5 Å². The minimum Gasteiger partial charge on any atom is -0.339 e. The lowest BCUT2D eigenvalue weighted by Crippen LogP contribution is -2.29. The van der Waals surface area contributed by atoms with Crippen molar-refractivity contribution in [2.24, 2.45) is 5.73 Å². The van der Waals surface area contributed by atoms with Crippen LogP contribution in [-0.2, 0) is 12.0 Å². The second-order valence-corrected chi connectivity index (χ2v) is 5.04. The van der Waals surface area contributed by atoms with Gasteiger partial charge in [0.2, 0.25) is 5.89 Å². The average molecular weight is 213 g/mol. The van der Waals surface area contributed by atoms with Crippen LogP contribution in [0, 0.1) is 0 Å². The summed E-state index contributed by atoms with van der Waals surface area (Å²) in [5, 5.41) is 3.83. The maximum atomic E-state index is 5.45. The molecule has 0 aliphatic carbocycles. The highest BCUT2D eigenvalue weighted by Gasteiger charge is 2.34. The molecule has 5 heteroatoms. The van der Waals surface area contributed by atoms with E-state index in [1.165, 1.54) is 12.2 Å². The molecule has 0 radical (unpaired) electrons. The Labute approximate surface area is 87.6 Å². The van der Waals surface area contributed by atoms with Gasteiger partial charge in [-0.1, -0.05) is 5.16 Å². The quantitative estimate of drug-likeness (QED) is 0.802. The van der Waals surface area contributed by atoms with Gasteiger partial charge in [0, 0.05) is 5.75 Å². The van der Waals surface area contributed by atoms with Crippen LogP contribution in [-0.4, -0.2) is 21.6 Å². The molecule has 1 aliphatic rings. The number of rotatable bonds is 2. The highest BCUT2D eigenvalue weighted by Crippen LogP contribution is 2.36. The van der Waals surface area contributed by atoms with Crippen LogP contribution < -0.4 is 5.73 Å². The summed E-state index contributed by atoms with van der Waals surface area (Å²) in [6, 6.07) is 0. The van der Waals surface area contributed by atoms with Crippen molar-refractivity contribution in [1.29, 1.82) is 0 Å². The van der Waals surface area contributed by atoms with Gasteiger partial charge in [0.05, 0.1) is 12.0 Å². The summed E-state index contributed by atoms with van der Waals surface area (Å²) in [7, 11) is 0. The van der Waals surface area contributed by atoms with Gasteiger partial charge in [-0.05, 0) is 25.5 Å². The van der Waals surface area contributed by atoms with Crippen LogP contribution in [0.3, 0.4) is 0 Å². The first-order valence-electron chi connectivity index (χ1n) is 4.85. The summed E-state index contributed by atoms with van der Waals surface area (Å²) in [5.41, 5.74) is 5.50. The van der Waals surface area contributed by atoms with Gasteiger partial charge in [-0.25, -0.2) is 0 Å². The van der Waals surface area contributed by atoms with E-state index in [9.17, 15) is 0 Å². The lowest BCUT2D eigenvalue weighted by Gasteiger charge is -2.28. The molecule has 1 saturated heterocycles. The van der Waals surface area contributed by atoms with Gasteiger partial charge >= 0.3 is 0 Å². The summed E-state index contributed by atoms with van der Waals surface area (Å²) in [6.45, 7) is 2.54. The van der Waals surface area contributed by atoms with Gasteiger partial charge in [0.25, 0.3) is 0 Å². The first-order valence-corrected chi connectivity index (χ1v) is 6.01. The third-order valence-electron chi connectivity index (χ3n) is 2.60. The summed E-state index contributed by atoms with van der Waals surface area (Å²) in [4.78, 5) is 4.31. The molecule has 0 bridgehead atoms. The van der Waals surface area contributed by atoms with Gasteiger partial charge in [-0.2, -0.15) is 16.7 Å². The first-order chi connectivity index (χ1) is 6.74. The molecule has 2 rings (SSSR count). The molecule has 0 amide bonds. The molecule has 78 valence electrons. The molecule has 1 aliphatic heterocycles. The van der Waals surface area contributed by atoms with E-state index in [0.717, 1.165) is 18.1 Å². The largest absolute Gasteiger partial charge is 0.339 e. The normalized spacial score (nSPS) is 27.9. The molecule has 2 heterocycles. The Morgan fingerprint density at radius 3 is 3.07 bits per heavy atom. The van der Waals surface area contributed by atoms with Crippen LogP contribution in [0.2, 0.25) is 0 Å². The molecule has 1 atom stereocenters. The minimum absolute atomic E-state index is 0.0589. The van der Waals surface area contributed by atoms with Crippen molar-refractivity contribution in [2.45, 2.75) is 31.7 Å². The van der Waals surface area contributed by atoms with E-state index in [1.54, 1.807) is 0 Å². The molecule has 4 nitrogen and oxygen atoms in total. The molecule has 1 aromatic rings. The fraction of sp³-hybridized carbons (Fsp3) is 0.778. The number of nitrogens with zero attached hydrogens (tertiary/aromatic N) is 2. The molecule has 0 spiro atoms. The monoisotopic (exact) mass is 213 g/mol. The first kappa shape index (κ1) is 9.98. The lowest BCUT2D eigenvalue weighted by molar-refractivity contribution is 0.293. The number of hydrogen-bond donors (Lipinski definition) is 1. The molecule has 0 saturated carbocycles. The maximum absolute atomic E-state index is 5.45. The van der Waals surface area contributed by atoms with Gasteiger partial charge in [0.15, 0.2) is 5.82 Å². The SMILES string of the molecule is CC1(c2nc(CN)no2)CCCSC1. The zero-order valence-electron chi connectivity index (χ0n) is 8.32. The van der Waals surface area contributed by atoms with Crippen molar-refractivity contribution < 1.29 is 4.52 Å². The van der Waals surface area contributed by atoms with E-state index < -0.39 is 0 Å². The smallest absolute Gasteiger partial charge is 0.233 e. The summed E-state index contributed by atoms with van der Waals surface area (Å²) >= 11 is 1.95. The summed E-state index contributed by atoms with van der Waals surface area (Å²) in [6.07, 6.45) is 2.35. The number of hydrogen-bond acceptors (Lipinski definition) is 5. The zero-order chi connectivity index (χ0) is 10.0. The zero-order valence-corrected chi connectivity index (χ0v) is 9.14. The fourth-order valence-corrected chi connectivity index (χ4v) is 2.90. The van der Waals surface area contributed by atoms with E-state index in [1.807, 2.05) is 11.8 Å². The number of aromatic nitrogens is 2. The van der Waals surface area contributed by atoms with E-state index in [2.05, 4.69) is 17.1 Å². The second kappa shape index (κ2) is 3.90. The van der Waals surface area contributed by atoms with Crippen LogP contribution >= 0.6 is 11.8 Å². The Bertz CT molecular complexity index is 307. The van der Waals surface area contributed by atoms with E-state index >= 15 is 0 Å². The minimum atomic E-state index is 0.0589. The van der Waals surface area contributed by atoms with Crippen LogP contribution in [0.25, 0.3) is 0 Å². The van der Waals surface area contributed by atoms with Gasteiger partial charge in [0.1, 0.15) is 0 Å². The van der Waals surface area contributed by atoms with E-state index in [-0.39, 0.29) is 5.41 Å². The van der Waals surface area contributed by atoms with Crippen molar-refractivity contribution in [3.8, 4) is 0 Å². The molecule has 1 aromatic heterocycles. The Kier molecular flexibility index (Phi) is 2.78. The van der Waals surface area contributed by atoms with Gasteiger partial charge < -0.3 is 10.3 Å². The molecular formula is C9H15N3OS. The summed E-state index contributed by atoms with van der Waals surface area (Å²) in [5.74, 6) is 3.68. The fourth-order valence-electron chi connectivity index (χ4n) is 1.68. The van der Waals surface area contributed by atoms with Crippen LogP contribution in [0.1, 0.15) is 31.5 Å². The van der Waals surface area contributed by atoms with Crippen LogP contribution in [0.4, 0.5) is 0 Å². The second-order valence-electron chi connectivity index (χ2n) is 3.94. The lowest BCUT2D eigenvalue weighted by atomic mass is 9.87. The standard InChI is InChI=1S/C9H15N3OS/c1-9(3-2-4-14-6-9)8-11-7(5-10)12-13-8/h2-6,10H2,1H3. The number of nitrogens with two attached hydrogens (primary N) is 1. The molecular weight excluding hydrogens is 198 g/mol. The van der Waals surface area contributed by atoms with E-state index in [4.69, 9.17) is 10.3 Å². The third kappa shape index (κ3) is 1.79. The Balaban J connectivity index is 2.19. The van der Waals surface area contributed by atoms with Crippen molar-refractivity contribution in [3.05, 3.63) is 11.7 Å². The molecule has 14 heavy (non-hydrogen) atoms. The topological polar surface area (TPSA) is 64.9 Å². The Hall–Kier alpha value is -0.550.